The van der Waals surface area contributed by atoms with Gasteiger partial charge in [0.1, 0.15) is 5.78 Å². The second-order valence-corrected chi connectivity index (χ2v) is 4.30. The van der Waals surface area contributed by atoms with Gasteiger partial charge in [-0.1, -0.05) is 44.2 Å². The van der Waals surface area contributed by atoms with Gasteiger partial charge in [0.05, 0.1) is 0 Å². The maximum absolute atomic E-state index is 11.7. The lowest BCUT2D eigenvalue weighted by Crippen LogP contribution is -2.25. The van der Waals surface area contributed by atoms with E-state index in [0.29, 0.717) is 18.6 Å². The third kappa shape index (κ3) is 5.64. The summed E-state index contributed by atoms with van der Waals surface area (Å²) in [5.74, 6) is 0.376. The van der Waals surface area contributed by atoms with E-state index in [4.69, 9.17) is 0 Å². The predicted molar refractivity (Wildman–Crippen MR) is 72.2 cm³/mol. The fourth-order valence-electron chi connectivity index (χ4n) is 1.88. The first-order chi connectivity index (χ1) is 8.26. The third-order valence-electron chi connectivity index (χ3n) is 3.14. The smallest absolute Gasteiger partial charge is 0.134 e. The summed E-state index contributed by atoms with van der Waals surface area (Å²) in [4.78, 5) is 14.0. The van der Waals surface area contributed by atoms with E-state index in [1.165, 1.54) is 5.56 Å². The van der Waals surface area contributed by atoms with Crippen LogP contribution in [-0.2, 0) is 11.2 Å². The van der Waals surface area contributed by atoms with E-state index < -0.39 is 0 Å². The average Bonchev–Trinajstić information content (AvgIpc) is 2.39. The minimum Gasteiger partial charge on any atom is -0.303 e. The van der Waals surface area contributed by atoms with Gasteiger partial charge in [0.2, 0.25) is 0 Å². The molecule has 0 aliphatic carbocycles. The Morgan fingerprint density at radius 3 is 2.29 bits per heavy atom. The number of ketones is 1. The van der Waals surface area contributed by atoms with Gasteiger partial charge in [-0.3, -0.25) is 4.79 Å². The highest BCUT2D eigenvalue weighted by Crippen LogP contribution is 2.04. The molecule has 0 saturated carbocycles. The van der Waals surface area contributed by atoms with Crippen LogP contribution in [-0.4, -0.2) is 30.3 Å². The van der Waals surface area contributed by atoms with Crippen molar-refractivity contribution in [2.45, 2.75) is 33.1 Å². The lowest BCUT2D eigenvalue weighted by molar-refractivity contribution is -0.119. The summed E-state index contributed by atoms with van der Waals surface area (Å²) in [5, 5.41) is 0. The maximum Gasteiger partial charge on any atom is 0.134 e. The first-order valence-electron chi connectivity index (χ1n) is 6.54. The number of rotatable bonds is 8. The van der Waals surface area contributed by atoms with E-state index >= 15 is 0 Å². The number of hydrogen-bond acceptors (Lipinski definition) is 2. The lowest BCUT2D eigenvalue weighted by Gasteiger charge is -2.16. The summed E-state index contributed by atoms with van der Waals surface area (Å²) < 4.78 is 0. The van der Waals surface area contributed by atoms with Crippen molar-refractivity contribution in [3.05, 3.63) is 35.9 Å². The average molecular weight is 233 g/mol. The molecule has 0 atom stereocenters. The highest BCUT2D eigenvalue weighted by molar-refractivity contribution is 5.78. The third-order valence-corrected chi connectivity index (χ3v) is 3.14. The summed E-state index contributed by atoms with van der Waals surface area (Å²) in [6, 6.07) is 10.2. The van der Waals surface area contributed by atoms with E-state index in [-0.39, 0.29) is 0 Å². The van der Waals surface area contributed by atoms with Crippen molar-refractivity contribution in [2.24, 2.45) is 0 Å². The van der Waals surface area contributed by atoms with Crippen LogP contribution in [0.4, 0.5) is 0 Å². The Kier molecular flexibility index (Phi) is 6.56. The van der Waals surface area contributed by atoms with Gasteiger partial charge in [0.25, 0.3) is 0 Å². The summed E-state index contributed by atoms with van der Waals surface area (Å²) in [6.45, 7) is 7.24. The fraction of sp³-hybridized carbons (Fsp3) is 0.533. The molecule has 0 fully saturated rings. The molecule has 0 spiro atoms. The SMILES string of the molecule is CCN(CC)CCC(=O)CCc1ccccc1. The summed E-state index contributed by atoms with van der Waals surface area (Å²) in [5.41, 5.74) is 1.25. The van der Waals surface area contributed by atoms with Crippen LogP contribution < -0.4 is 0 Å². The molecule has 0 N–H and O–H groups in total. The van der Waals surface area contributed by atoms with E-state index in [1.54, 1.807) is 0 Å². The summed E-state index contributed by atoms with van der Waals surface area (Å²) in [6.07, 6.45) is 2.23. The van der Waals surface area contributed by atoms with Gasteiger partial charge in [-0.2, -0.15) is 0 Å². The number of aryl methyl sites for hydroxylation is 1. The molecule has 94 valence electrons. The van der Waals surface area contributed by atoms with E-state index in [0.717, 1.165) is 26.1 Å². The number of carbonyl (C=O) groups is 1. The number of nitrogens with zero attached hydrogens (tertiary/aromatic N) is 1. The quantitative estimate of drug-likeness (QED) is 0.688. The van der Waals surface area contributed by atoms with Crippen LogP contribution in [0.5, 0.6) is 0 Å². The highest BCUT2D eigenvalue weighted by Gasteiger charge is 2.05. The Bertz CT molecular complexity index is 317. The molecule has 0 amide bonds. The van der Waals surface area contributed by atoms with Crippen molar-refractivity contribution in [1.29, 1.82) is 0 Å². The Labute approximate surface area is 105 Å². The van der Waals surface area contributed by atoms with Gasteiger partial charge >= 0.3 is 0 Å². The molecule has 0 saturated heterocycles. The minimum absolute atomic E-state index is 0.376. The molecule has 2 heteroatoms. The molecule has 2 nitrogen and oxygen atoms in total. The Hall–Kier alpha value is -1.15. The molecule has 0 aliphatic heterocycles. The maximum atomic E-state index is 11.7. The summed E-state index contributed by atoms with van der Waals surface area (Å²) >= 11 is 0. The zero-order valence-electron chi connectivity index (χ0n) is 11.0. The van der Waals surface area contributed by atoms with Crippen LogP contribution in [0.25, 0.3) is 0 Å². The van der Waals surface area contributed by atoms with E-state index in [1.807, 2.05) is 18.2 Å². The summed E-state index contributed by atoms with van der Waals surface area (Å²) in [7, 11) is 0. The molecule has 1 aromatic rings. The van der Waals surface area contributed by atoms with Crippen molar-refractivity contribution < 1.29 is 4.79 Å². The number of Topliss-reactive ketones (excluding diaryl/α,β-unsaturated/α-hetero) is 1. The van der Waals surface area contributed by atoms with Crippen LogP contribution in [0.3, 0.4) is 0 Å². The molecule has 1 rings (SSSR count). The standard InChI is InChI=1S/C15H23NO/c1-3-16(4-2)13-12-15(17)11-10-14-8-6-5-7-9-14/h5-9H,3-4,10-13H2,1-2H3. The highest BCUT2D eigenvalue weighted by atomic mass is 16.1. The first kappa shape index (κ1) is 13.9. The molecule has 0 aliphatic rings. The largest absolute Gasteiger partial charge is 0.303 e. The van der Waals surface area contributed by atoms with E-state index in [2.05, 4.69) is 30.9 Å². The van der Waals surface area contributed by atoms with Crippen molar-refractivity contribution >= 4 is 5.78 Å². The molecule has 0 radical (unpaired) electrons. The zero-order chi connectivity index (χ0) is 12.5. The van der Waals surface area contributed by atoms with Crippen LogP contribution in [0, 0.1) is 0 Å². The minimum atomic E-state index is 0.376. The van der Waals surface area contributed by atoms with Gasteiger partial charge in [-0.25, -0.2) is 0 Å². The van der Waals surface area contributed by atoms with Crippen molar-refractivity contribution in [3.8, 4) is 0 Å². The molecule has 0 unspecified atom stereocenters. The topological polar surface area (TPSA) is 20.3 Å². The number of hydrogen-bond donors (Lipinski definition) is 0. The van der Waals surface area contributed by atoms with Gasteiger partial charge in [0, 0.05) is 19.4 Å². The van der Waals surface area contributed by atoms with Crippen LogP contribution >= 0.6 is 0 Å². The van der Waals surface area contributed by atoms with E-state index in [9.17, 15) is 4.79 Å². The van der Waals surface area contributed by atoms with Gasteiger partial charge < -0.3 is 4.90 Å². The second kappa shape index (κ2) is 8.02. The normalized spacial score (nSPS) is 10.8. The first-order valence-corrected chi connectivity index (χ1v) is 6.54. The monoisotopic (exact) mass is 233 g/mol. The van der Waals surface area contributed by atoms with Gasteiger partial charge in [-0.15, -0.1) is 0 Å². The van der Waals surface area contributed by atoms with Crippen LogP contribution in [0.2, 0.25) is 0 Å². The Morgan fingerprint density at radius 2 is 1.71 bits per heavy atom. The predicted octanol–water partition coefficient (Wildman–Crippen LogP) is 2.92. The number of carbonyl (C=O) groups excluding carboxylic acids is 1. The molecule has 1 aromatic carbocycles. The molecular weight excluding hydrogens is 210 g/mol. The lowest BCUT2D eigenvalue weighted by atomic mass is 10.1. The Balaban J connectivity index is 2.22. The van der Waals surface area contributed by atoms with Crippen molar-refractivity contribution in [1.82, 2.24) is 4.90 Å². The number of benzene rings is 1. The van der Waals surface area contributed by atoms with Crippen molar-refractivity contribution in [2.75, 3.05) is 19.6 Å². The molecule has 0 heterocycles. The van der Waals surface area contributed by atoms with Crippen molar-refractivity contribution in [3.63, 3.8) is 0 Å². The Morgan fingerprint density at radius 1 is 1.06 bits per heavy atom. The van der Waals surface area contributed by atoms with Gasteiger partial charge in [0.15, 0.2) is 0 Å². The fourth-order valence-corrected chi connectivity index (χ4v) is 1.88. The zero-order valence-corrected chi connectivity index (χ0v) is 11.0. The van der Waals surface area contributed by atoms with Gasteiger partial charge in [-0.05, 0) is 25.1 Å². The molecule has 0 aromatic heterocycles. The molecular formula is C15H23NO. The van der Waals surface area contributed by atoms with Crippen LogP contribution in [0.15, 0.2) is 30.3 Å². The molecule has 17 heavy (non-hydrogen) atoms. The molecule has 0 bridgehead atoms. The second-order valence-electron chi connectivity index (χ2n) is 4.30. The van der Waals surface area contributed by atoms with Crippen LogP contribution in [0.1, 0.15) is 32.3 Å².